The van der Waals surface area contributed by atoms with Gasteiger partial charge in [-0.15, -0.1) is 0 Å². The largest absolute Gasteiger partial charge is 0.459 e. The Bertz CT molecular complexity index is 1400. The number of fused-ring (bicyclic) bond motifs is 2. The normalized spacial score (nSPS) is 17.5. The van der Waals surface area contributed by atoms with Crippen molar-refractivity contribution in [1.82, 2.24) is 0 Å². The molecular formula is C25H25N3O5S. The van der Waals surface area contributed by atoms with E-state index in [1.165, 1.54) is 23.7 Å². The van der Waals surface area contributed by atoms with Gasteiger partial charge in [0.05, 0.1) is 35.6 Å². The molecule has 1 aromatic heterocycles. The molecule has 0 bridgehead atoms. The van der Waals surface area contributed by atoms with Crippen LogP contribution in [0, 0.1) is 0 Å². The maximum absolute atomic E-state index is 13.2. The van der Waals surface area contributed by atoms with Crippen molar-refractivity contribution in [2.24, 2.45) is 0 Å². The highest BCUT2D eigenvalue weighted by atomic mass is 32.2. The van der Waals surface area contributed by atoms with Gasteiger partial charge in [0, 0.05) is 20.0 Å². The first-order chi connectivity index (χ1) is 16.1. The summed E-state index contributed by atoms with van der Waals surface area (Å²) in [5.41, 5.74) is 4.74. The van der Waals surface area contributed by atoms with Gasteiger partial charge in [0.2, 0.25) is 15.9 Å². The number of nitrogens with zero attached hydrogens (tertiary/aromatic N) is 3. The SMILES string of the molecule is CC(=O)N1c2ccc(-c3ccc4c(c3)CCN4S(C)(=O)=O)cc2N(C(=O)c2ccco2)C[C@@H]1C. The predicted octanol–water partition coefficient (Wildman–Crippen LogP) is 3.67. The monoisotopic (exact) mass is 479 g/mol. The molecule has 0 saturated heterocycles. The van der Waals surface area contributed by atoms with Crippen LogP contribution in [0.1, 0.15) is 30.0 Å². The third kappa shape index (κ3) is 3.66. The van der Waals surface area contributed by atoms with Gasteiger partial charge in [-0.05, 0) is 66.4 Å². The van der Waals surface area contributed by atoms with E-state index in [1.54, 1.807) is 21.9 Å². The number of carbonyl (C=O) groups excluding carboxylic acids is 2. The van der Waals surface area contributed by atoms with Crippen molar-refractivity contribution >= 4 is 38.9 Å². The van der Waals surface area contributed by atoms with Gasteiger partial charge < -0.3 is 14.2 Å². The molecule has 176 valence electrons. The molecular weight excluding hydrogens is 454 g/mol. The Hall–Kier alpha value is -3.59. The molecule has 3 heterocycles. The standard InChI is InChI=1S/C25H25N3O5S/c1-16-15-26(25(30)24-5-4-12-33-24)23-14-19(7-9-22(23)28(16)17(2)29)18-6-8-21-20(13-18)10-11-27(21)34(3,31)32/h4-9,12-14,16H,10-11,15H2,1-3H3/t16-/m0/s1. The number of amides is 2. The van der Waals surface area contributed by atoms with Crippen molar-refractivity contribution in [3.05, 3.63) is 66.1 Å². The lowest BCUT2D eigenvalue weighted by molar-refractivity contribution is -0.117. The van der Waals surface area contributed by atoms with Crippen LogP contribution in [0.25, 0.3) is 11.1 Å². The van der Waals surface area contributed by atoms with Gasteiger partial charge in [-0.3, -0.25) is 13.9 Å². The Kier molecular flexibility index (Phi) is 5.24. The fourth-order valence-corrected chi connectivity index (χ4v) is 5.86. The van der Waals surface area contributed by atoms with E-state index in [-0.39, 0.29) is 23.6 Å². The summed E-state index contributed by atoms with van der Waals surface area (Å²) in [5.74, 6) is -0.126. The van der Waals surface area contributed by atoms with Crippen LogP contribution in [-0.2, 0) is 21.2 Å². The van der Waals surface area contributed by atoms with Gasteiger partial charge >= 0.3 is 0 Å². The second-order valence-corrected chi connectivity index (χ2v) is 10.7. The number of furan rings is 1. The lowest BCUT2D eigenvalue weighted by Gasteiger charge is -2.40. The number of anilines is 3. The zero-order valence-electron chi connectivity index (χ0n) is 19.2. The zero-order chi connectivity index (χ0) is 24.2. The average molecular weight is 480 g/mol. The quantitative estimate of drug-likeness (QED) is 0.572. The number of hydrogen-bond donors (Lipinski definition) is 0. The van der Waals surface area contributed by atoms with Gasteiger partial charge in [-0.25, -0.2) is 8.42 Å². The second-order valence-electron chi connectivity index (χ2n) is 8.76. The summed E-state index contributed by atoms with van der Waals surface area (Å²) < 4.78 is 30.9. The van der Waals surface area contributed by atoms with Crippen molar-refractivity contribution in [3.8, 4) is 11.1 Å². The molecule has 0 radical (unpaired) electrons. The van der Waals surface area contributed by atoms with Gasteiger partial charge in [0.25, 0.3) is 5.91 Å². The maximum Gasteiger partial charge on any atom is 0.294 e. The molecule has 8 nitrogen and oxygen atoms in total. The lowest BCUT2D eigenvalue weighted by atomic mass is 9.98. The van der Waals surface area contributed by atoms with Crippen LogP contribution in [0.4, 0.5) is 17.1 Å². The molecule has 0 fully saturated rings. The molecule has 0 N–H and O–H groups in total. The van der Waals surface area contributed by atoms with Gasteiger partial charge in [-0.1, -0.05) is 12.1 Å². The number of carbonyl (C=O) groups is 2. The summed E-state index contributed by atoms with van der Waals surface area (Å²) in [7, 11) is -3.32. The summed E-state index contributed by atoms with van der Waals surface area (Å²) in [6.45, 7) is 4.20. The van der Waals surface area contributed by atoms with Crippen LogP contribution >= 0.6 is 0 Å². The average Bonchev–Trinajstić information content (AvgIpc) is 3.46. The minimum Gasteiger partial charge on any atom is -0.459 e. The molecule has 9 heteroatoms. The first-order valence-electron chi connectivity index (χ1n) is 11.1. The van der Waals surface area contributed by atoms with Crippen LogP contribution in [0.3, 0.4) is 0 Å². The fourth-order valence-electron chi connectivity index (χ4n) is 4.91. The van der Waals surface area contributed by atoms with Gasteiger partial charge in [0.15, 0.2) is 5.76 Å². The van der Waals surface area contributed by atoms with Crippen molar-refractivity contribution in [1.29, 1.82) is 0 Å². The first-order valence-corrected chi connectivity index (χ1v) is 12.9. The van der Waals surface area contributed by atoms with Crippen molar-refractivity contribution < 1.29 is 22.4 Å². The molecule has 2 aliphatic heterocycles. The number of benzene rings is 2. The Morgan fingerprint density at radius 3 is 2.35 bits per heavy atom. The van der Waals surface area contributed by atoms with Crippen LogP contribution in [0.15, 0.2) is 59.2 Å². The molecule has 2 aliphatic rings. The Balaban J connectivity index is 1.59. The van der Waals surface area contributed by atoms with E-state index >= 15 is 0 Å². The summed E-state index contributed by atoms with van der Waals surface area (Å²) in [5, 5.41) is 0. The molecule has 0 unspecified atom stereocenters. The van der Waals surface area contributed by atoms with E-state index in [0.29, 0.717) is 36.6 Å². The van der Waals surface area contributed by atoms with Gasteiger partial charge in [-0.2, -0.15) is 0 Å². The minimum atomic E-state index is -3.32. The summed E-state index contributed by atoms with van der Waals surface area (Å²) in [4.78, 5) is 29.0. The Morgan fingerprint density at radius 1 is 1.00 bits per heavy atom. The number of sulfonamides is 1. The van der Waals surface area contributed by atoms with E-state index in [1.807, 2.05) is 43.3 Å². The van der Waals surface area contributed by atoms with Crippen molar-refractivity contribution in [3.63, 3.8) is 0 Å². The molecule has 5 rings (SSSR count). The summed E-state index contributed by atoms with van der Waals surface area (Å²) >= 11 is 0. The molecule has 3 aromatic rings. The zero-order valence-corrected chi connectivity index (χ0v) is 20.0. The van der Waals surface area contributed by atoms with E-state index in [9.17, 15) is 18.0 Å². The third-order valence-electron chi connectivity index (χ3n) is 6.40. The molecule has 34 heavy (non-hydrogen) atoms. The summed E-state index contributed by atoms with van der Waals surface area (Å²) in [6.07, 6.45) is 3.32. The topological polar surface area (TPSA) is 91.1 Å². The number of rotatable bonds is 3. The highest BCUT2D eigenvalue weighted by Gasteiger charge is 2.35. The van der Waals surface area contributed by atoms with E-state index in [0.717, 1.165) is 16.7 Å². The number of hydrogen-bond acceptors (Lipinski definition) is 5. The van der Waals surface area contributed by atoms with E-state index < -0.39 is 10.0 Å². The van der Waals surface area contributed by atoms with Crippen LogP contribution in [0.2, 0.25) is 0 Å². The fraction of sp³-hybridized carbons (Fsp3) is 0.280. The molecule has 0 aliphatic carbocycles. The highest BCUT2D eigenvalue weighted by Crippen LogP contribution is 2.41. The summed E-state index contributed by atoms with van der Waals surface area (Å²) in [6, 6.07) is 14.5. The molecule has 2 aromatic carbocycles. The van der Waals surface area contributed by atoms with Gasteiger partial charge in [0.1, 0.15) is 0 Å². The first kappa shape index (κ1) is 22.2. The van der Waals surface area contributed by atoms with Crippen LogP contribution in [0.5, 0.6) is 0 Å². The highest BCUT2D eigenvalue weighted by molar-refractivity contribution is 7.92. The van der Waals surface area contributed by atoms with Crippen LogP contribution in [-0.4, -0.2) is 45.6 Å². The van der Waals surface area contributed by atoms with E-state index in [2.05, 4.69) is 0 Å². The Labute approximate surface area is 198 Å². The van der Waals surface area contributed by atoms with Crippen molar-refractivity contribution in [2.45, 2.75) is 26.3 Å². The molecule has 2 amide bonds. The lowest BCUT2D eigenvalue weighted by Crippen LogP contribution is -2.51. The predicted molar refractivity (Wildman–Crippen MR) is 131 cm³/mol. The molecule has 1 atom stereocenters. The second kappa shape index (κ2) is 8.02. The maximum atomic E-state index is 13.2. The molecule has 0 spiro atoms. The Morgan fingerprint density at radius 2 is 1.71 bits per heavy atom. The minimum absolute atomic E-state index is 0.0926. The third-order valence-corrected chi connectivity index (χ3v) is 7.58. The smallest absolute Gasteiger partial charge is 0.294 e. The molecule has 0 saturated carbocycles. The van der Waals surface area contributed by atoms with Crippen molar-refractivity contribution in [2.75, 3.05) is 33.5 Å². The van der Waals surface area contributed by atoms with E-state index in [4.69, 9.17) is 4.42 Å². The van der Waals surface area contributed by atoms with Crippen LogP contribution < -0.4 is 14.1 Å².